The van der Waals surface area contributed by atoms with E-state index in [1.54, 1.807) is 0 Å². The highest BCUT2D eigenvalue weighted by molar-refractivity contribution is 6.68. The second kappa shape index (κ2) is 3.94. The number of methoxy groups -OCH3 is 1. The second-order valence-corrected chi connectivity index (χ2v) is 2.94. The highest BCUT2D eigenvalue weighted by Crippen LogP contribution is 2.28. The summed E-state index contributed by atoms with van der Waals surface area (Å²) in [6, 6.07) is 2.59. The summed E-state index contributed by atoms with van der Waals surface area (Å²) in [4.78, 5) is 10.7. The molecule has 1 aromatic carbocycles. The summed E-state index contributed by atoms with van der Waals surface area (Å²) in [6.45, 7) is 0. The normalized spacial score (nSPS) is 9.85. The molecule has 5 heteroatoms. The van der Waals surface area contributed by atoms with Crippen LogP contribution in [0.15, 0.2) is 12.1 Å². The molecule has 0 heterocycles. The number of carbonyl (C=O) groups is 1. The topological polar surface area (TPSA) is 26.3 Å². The number of ether oxygens (including phenoxy) is 1. The fourth-order valence-electron chi connectivity index (χ4n) is 0.841. The SMILES string of the molecule is COc1ccc(C(=O)Cl)c(Cl)c1F. The monoisotopic (exact) mass is 222 g/mol. The molecule has 0 unspecified atom stereocenters. The number of hydrogen-bond donors (Lipinski definition) is 0. The fourth-order valence-corrected chi connectivity index (χ4v) is 1.29. The quantitative estimate of drug-likeness (QED) is 0.720. The van der Waals surface area contributed by atoms with E-state index >= 15 is 0 Å². The molecule has 0 aliphatic rings. The lowest BCUT2D eigenvalue weighted by Gasteiger charge is -2.04. The maximum atomic E-state index is 13.2. The van der Waals surface area contributed by atoms with Crippen LogP contribution >= 0.6 is 23.2 Å². The van der Waals surface area contributed by atoms with Gasteiger partial charge in [-0.2, -0.15) is 0 Å². The molecule has 1 rings (SSSR count). The Hall–Kier alpha value is -0.800. The Balaban J connectivity index is 3.31. The lowest BCUT2D eigenvalue weighted by atomic mass is 10.2. The van der Waals surface area contributed by atoms with Crippen molar-refractivity contribution >= 4 is 28.4 Å². The van der Waals surface area contributed by atoms with Crippen LogP contribution in [0.2, 0.25) is 5.02 Å². The molecule has 0 bridgehead atoms. The standard InChI is InChI=1S/C8H5Cl2FO2/c1-13-5-3-2-4(8(10)12)6(9)7(5)11/h2-3H,1H3. The molecule has 0 aliphatic carbocycles. The van der Waals surface area contributed by atoms with Gasteiger partial charge in [0.2, 0.25) is 0 Å². The average molecular weight is 223 g/mol. The zero-order valence-electron chi connectivity index (χ0n) is 6.61. The molecular weight excluding hydrogens is 218 g/mol. The van der Waals surface area contributed by atoms with E-state index in [2.05, 4.69) is 4.74 Å². The third-order valence-corrected chi connectivity index (χ3v) is 2.05. The first-order chi connectivity index (χ1) is 6.07. The number of hydrogen-bond acceptors (Lipinski definition) is 2. The third kappa shape index (κ3) is 1.92. The van der Waals surface area contributed by atoms with Crippen molar-refractivity contribution in [3.05, 3.63) is 28.5 Å². The van der Waals surface area contributed by atoms with E-state index in [0.717, 1.165) is 0 Å². The van der Waals surface area contributed by atoms with Gasteiger partial charge in [0.1, 0.15) is 0 Å². The van der Waals surface area contributed by atoms with Crippen LogP contribution in [0.25, 0.3) is 0 Å². The highest BCUT2D eigenvalue weighted by atomic mass is 35.5. The van der Waals surface area contributed by atoms with Gasteiger partial charge in [0.05, 0.1) is 17.7 Å². The Morgan fingerprint density at radius 2 is 2.15 bits per heavy atom. The van der Waals surface area contributed by atoms with Crippen molar-refractivity contribution in [1.82, 2.24) is 0 Å². The molecule has 0 radical (unpaired) electrons. The summed E-state index contributed by atoms with van der Waals surface area (Å²) < 4.78 is 17.8. The molecule has 1 aromatic rings. The molecule has 70 valence electrons. The van der Waals surface area contributed by atoms with E-state index in [4.69, 9.17) is 23.2 Å². The van der Waals surface area contributed by atoms with Gasteiger partial charge in [0, 0.05) is 0 Å². The molecular formula is C8H5Cl2FO2. The van der Waals surface area contributed by atoms with Gasteiger partial charge in [-0.25, -0.2) is 4.39 Å². The Morgan fingerprint density at radius 1 is 1.54 bits per heavy atom. The molecule has 2 nitrogen and oxygen atoms in total. The molecule has 0 amide bonds. The van der Waals surface area contributed by atoms with Crippen LogP contribution in [-0.2, 0) is 0 Å². The minimum atomic E-state index is -0.799. The van der Waals surface area contributed by atoms with Gasteiger partial charge in [-0.1, -0.05) is 11.6 Å². The Labute approximate surface area is 84.2 Å². The highest BCUT2D eigenvalue weighted by Gasteiger charge is 2.15. The predicted molar refractivity (Wildman–Crippen MR) is 48.1 cm³/mol. The Morgan fingerprint density at radius 3 is 2.62 bits per heavy atom. The largest absolute Gasteiger partial charge is 0.494 e. The van der Waals surface area contributed by atoms with Crippen molar-refractivity contribution in [3.63, 3.8) is 0 Å². The molecule has 0 aliphatic heterocycles. The van der Waals surface area contributed by atoms with Crippen molar-refractivity contribution in [1.29, 1.82) is 0 Å². The Kier molecular flexibility index (Phi) is 3.12. The molecule has 0 N–H and O–H groups in total. The average Bonchev–Trinajstić information content (AvgIpc) is 2.09. The zero-order valence-corrected chi connectivity index (χ0v) is 8.12. The molecule has 0 saturated carbocycles. The van der Waals surface area contributed by atoms with E-state index in [-0.39, 0.29) is 16.3 Å². The fraction of sp³-hybridized carbons (Fsp3) is 0.125. The van der Waals surface area contributed by atoms with Crippen LogP contribution in [0.3, 0.4) is 0 Å². The van der Waals surface area contributed by atoms with Gasteiger partial charge in [-0.15, -0.1) is 0 Å². The number of rotatable bonds is 2. The predicted octanol–water partition coefficient (Wildman–Crippen LogP) is 2.87. The van der Waals surface area contributed by atoms with Gasteiger partial charge in [0.25, 0.3) is 5.24 Å². The molecule has 0 spiro atoms. The maximum absolute atomic E-state index is 13.2. The first-order valence-electron chi connectivity index (χ1n) is 3.29. The van der Waals surface area contributed by atoms with E-state index in [1.165, 1.54) is 19.2 Å². The molecule has 13 heavy (non-hydrogen) atoms. The zero-order chi connectivity index (χ0) is 10.0. The summed E-state index contributed by atoms with van der Waals surface area (Å²) in [6.07, 6.45) is 0. The smallest absolute Gasteiger partial charge is 0.254 e. The maximum Gasteiger partial charge on any atom is 0.254 e. The van der Waals surface area contributed by atoms with E-state index in [9.17, 15) is 9.18 Å². The van der Waals surface area contributed by atoms with E-state index in [0.29, 0.717) is 0 Å². The van der Waals surface area contributed by atoms with Crippen LogP contribution in [0.5, 0.6) is 5.75 Å². The minimum Gasteiger partial charge on any atom is -0.494 e. The number of benzene rings is 1. The Bertz CT molecular complexity index is 352. The van der Waals surface area contributed by atoms with Crippen molar-refractivity contribution in [2.24, 2.45) is 0 Å². The molecule has 0 atom stereocenters. The van der Waals surface area contributed by atoms with Crippen LogP contribution in [0.4, 0.5) is 4.39 Å². The van der Waals surface area contributed by atoms with Crippen molar-refractivity contribution < 1.29 is 13.9 Å². The summed E-state index contributed by atoms with van der Waals surface area (Å²) >= 11 is 10.7. The summed E-state index contributed by atoms with van der Waals surface area (Å²) in [7, 11) is 1.30. The first kappa shape index (κ1) is 10.3. The summed E-state index contributed by atoms with van der Waals surface area (Å²) in [5, 5.41) is -1.12. The van der Waals surface area contributed by atoms with Gasteiger partial charge in [0.15, 0.2) is 11.6 Å². The molecule has 0 saturated heterocycles. The van der Waals surface area contributed by atoms with Crippen LogP contribution in [-0.4, -0.2) is 12.4 Å². The second-order valence-electron chi connectivity index (χ2n) is 2.22. The first-order valence-corrected chi connectivity index (χ1v) is 4.05. The van der Waals surface area contributed by atoms with E-state index in [1.807, 2.05) is 0 Å². The van der Waals surface area contributed by atoms with Crippen molar-refractivity contribution in [2.75, 3.05) is 7.11 Å². The minimum absolute atomic E-state index is 0.0216. The van der Waals surface area contributed by atoms with E-state index < -0.39 is 11.1 Å². The lowest BCUT2D eigenvalue weighted by Crippen LogP contribution is -1.96. The summed E-state index contributed by atoms with van der Waals surface area (Å²) in [5.74, 6) is -0.803. The van der Waals surface area contributed by atoms with Gasteiger partial charge >= 0.3 is 0 Å². The molecule has 0 aromatic heterocycles. The number of halogens is 3. The van der Waals surface area contributed by atoms with Crippen molar-refractivity contribution in [3.8, 4) is 5.75 Å². The van der Waals surface area contributed by atoms with Crippen LogP contribution in [0, 0.1) is 5.82 Å². The van der Waals surface area contributed by atoms with Gasteiger partial charge in [-0.3, -0.25) is 4.79 Å². The van der Waals surface area contributed by atoms with Crippen LogP contribution in [0.1, 0.15) is 10.4 Å². The third-order valence-electron chi connectivity index (χ3n) is 1.48. The lowest BCUT2D eigenvalue weighted by molar-refractivity contribution is 0.108. The summed E-state index contributed by atoms with van der Waals surface area (Å²) in [5.41, 5.74) is -0.0679. The van der Waals surface area contributed by atoms with Crippen molar-refractivity contribution in [2.45, 2.75) is 0 Å². The van der Waals surface area contributed by atoms with Gasteiger partial charge in [-0.05, 0) is 23.7 Å². The molecule has 0 fully saturated rings. The number of carbonyl (C=O) groups excluding carboxylic acids is 1. The van der Waals surface area contributed by atoms with Gasteiger partial charge < -0.3 is 4.74 Å². The van der Waals surface area contributed by atoms with Crippen LogP contribution < -0.4 is 4.74 Å².